The second-order valence-electron chi connectivity index (χ2n) is 6.77. The highest BCUT2D eigenvalue weighted by atomic mass is 16.5. The van der Waals surface area contributed by atoms with Crippen molar-refractivity contribution in [1.82, 2.24) is 5.32 Å². The minimum Gasteiger partial charge on any atom is -0.491 e. The third-order valence-corrected chi connectivity index (χ3v) is 4.89. The second kappa shape index (κ2) is 8.02. The molecule has 1 aromatic carbocycles. The Labute approximate surface area is 139 Å². The molecule has 3 atom stereocenters. The predicted molar refractivity (Wildman–Crippen MR) is 91.3 cm³/mol. The molecule has 1 aliphatic carbocycles. The molecule has 1 saturated carbocycles. The molecule has 2 aliphatic rings. The average molecular weight is 319 g/mol. The van der Waals surface area contributed by atoms with E-state index >= 15 is 0 Å². The molecule has 0 aromatic heterocycles. The van der Waals surface area contributed by atoms with Crippen molar-refractivity contribution in [3.63, 3.8) is 0 Å². The van der Waals surface area contributed by atoms with Crippen molar-refractivity contribution < 1.29 is 14.6 Å². The van der Waals surface area contributed by atoms with Crippen LogP contribution in [0, 0.1) is 0 Å². The topological polar surface area (TPSA) is 50.7 Å². The van der Waals surface area contributed by atoms with Crippen LogP contribution in [0.4, 0.5) is 0 Å². The third-order valence-electron chi connectivity index (χ3n) is 4.89. The zero-order chi connectivity index (χ0) is 16.1. The Kier molecular flexibility index (Phi) is 5.79. The zero-order valence-corrected chi connectivity index (χ0v) is 14.1. The van der Waals surface area contributed by atoms with E-state index in [1.807, 2.05) is 12.1 Å². The van der Waals surface area contributed by atoms with Gasteiger partial charge in [0.25, 0.3) is 0 Å². The summed E-state index contributed by atoms with van der Waals surface area (Å²) in [5.41, 5.74) is 1.29. The Morgan fingerprint density at radius 2 is 2.22 bits per heavy atom. The number of hydrogen-bond donors (Lipinski definition) is 2. The van der Waals surface area contributed by atoms with Gasteiger partial charge in [0.05, 0.1) is 0 Å². The molecule has 2 N–H and O–H groups in total. The standard InChI is InChI=1S/C19H29NO3/c1-2-3-10-20-12-14(21)13-22-15-8-9-19-17(11-15)16-6-4-5-7-18(16)23-19/h8-9,11,14,16,18,20-21H,2-7,10,12-13H2,1H3. The molecule has 23 heavy (non-hydrogen) atoms. The highest BCUT2D eigenvalue weighted by Crippen LogP contribution is 2.46. The number of nitrogens with one attached hydrogen (secondary N) is 1. The van der Waals surface area contributed by atoms with Gasteiger partial charge in [0, 0.05) is 18.0 Å². The van der Waals surface area contributed by atoms with Gasteiger partial charge in [-0.2, -0.15) is 0 Å². The first-order chi connectivity index (χ1) is 11.3. The van der Waals surface area contributed by atoms with Gasteiger partial charge in [-0.25, -0.2) is 0 Å². The van der Waals surface area contributed by atoms with Crippen LogP contribution in [0.15, 0.2) is 18.2 Å². The Balaban J connectivity index is 1.50. The van der Waals surface area contributed by atoms with Crippen LogP contribution in [0.5, 0.6) is 11.5 Å². The fraction of sp³-hybridized carbons (Fsp3) is 0.684. The Hall–Kier alpha value is -1.26. The van der Waals surface area contributed by atoms with E-state index in [0.717, 1.165) is 30.9 Å². The number of fused-ring (bicyclic) bond motifs is 3. The number of unbranched alkanes of at least 4 members (excludes halogenated alkanes) is 1. The molecule has 4 nitrogen and oxygen atoms in total. The quantitative estimate of drug-likeness (QED) is 0.722. The molecule has 0 spiro atoms. The van der Waals surface area contributed by atoms with Gasteiger partial charge < -0.3 is 19.9 Å². The van der Waals surface area contributed by atoms with Crippen LogP contribution < -0.4 is 14.8 Å². The first-order valence-electron chi connectivity index (χ1n) is 9.10. The molecule has 3 unspecified atom stereocenters. The molecule has 1 fully saturated rings. The summed E-state index contributed by atoms with van der Waals surface area (Å²) in [6.45, 7) is 4.02. The molecule has 0 saturated heterocycles. The highest BCUT2D eigenvalue weighted by Gasteiger charge is 2.36. The number of ether oxygens (including phenoxy) is 2. The largest absolute Gasteiger partial charge is 0.491 e. The lowest BCUT2D eigenvalue weighted by atomic mass is 9.83. The summed E-state index contributed by atoms with van der Waals surface area (Å²) < 4.78 is 11.8. The Morgan fingerprint density at radius 1 is 1.35 bits per heavy atom. The van der Waals surface area contributed by atoms with E-state index in [9.17, 15) is 5.11 Å². The maximum absolute atomic E-state index is 9.98. The predicted octanol–water partition coefficient (Wildman–Crippen LogP) is 3.23. The van der Waals surface area contributed by atoms with Gasteiger partial charge >= 0.3 is 0 Å². The van der Waals surface area contributed by atoms with Gasteiger partial charge in [0.15, 0.2) is 0 Å². The van der Waals surface area contributed by atoms with Crippen LogP contribution in [-0.2, 0) is 0 Å². The van der Waals surface area contributed by atoms with Crippen molar-refractivity contribution in [2.75, 3.05) is 19.7 Å². The number of aliphatic hydroxyl groups excluding tert-OH is 1. The maximum Gasteiger partial charge on any atom is 0.123 e. The number of aliphatic hydroxyl groups is 1. The zero-order valence-electron chi connectivity index (χ0n) is 14.1. The number of hydrogen-bond acceptors (Lipinski definition) is 4. The molecule has 1 aliphatic heterocycles. The smallest absolute Gasteiger partial charge is 0.123 e. The molecule has 4 heteroatoms. The lowest BCUT2D eigenvalue weighted by Crippen LogP contribution is -2.31. The van der Waals surface area contributed by atoms with E-state index in [1.165, 1.54) is 31.2 Å². The fourth-order valence-electron chi connectivity index (χ4n) is 3.59. The summed E-state index contributed by atoms with van der Waals surface area (Å²) in [6.07, 6.45) is 7.14. The molecule has 128 valence electrons. The minimum absolute atomic E-state index is 0.326. The lowest BCUT2D eigenvalue weighted by Gasteiger charge is -2.23. The van der Waals surface area contributed by atoms with Crippen molar-refractivity contribution in [2.24, 2.45) is 0 Å². The first kappa shape index (κ1) is 16.6. The van der Waals surface area contributed by atoms with Gasteiger partial charge in [-0.3, -0.25) is 0 Å². The molecular weight excluding hydrogens is 290 g/mol. The SMILES string of the molecule is CCCCNCC(O)COc1ccc2c(c1)C1CCCCC1O2. The second-order valence-corrected chi connectivity index (χ2v) is 6.77. The maximum atomic E-state index is 9.98. The summed E-state index contributed by atoms with van der Waals surface area (Å²) in [4.78, 5) is 0. The van der Waals surface area contributed by atoms with Crippen LogP contribution in [0.1, 0.15) is 56.9 Å². The van der Waals surface area contributed by atoms with Crippen molar-refractivity contribution in [3.8, 4) is 11.5 Å². The first-order valence-corrected chi connectivity index (χ1v) is 9.10. The van der Waals surface area contributed by atoms with E-state index < -0.39 is 6.10 Å². The minimum atomic E-state index is -0.473. The molecule has 0 radical (unpaired) electrons. The average Bonchev–Trinajstić information content (AvgIpc) is 2.95. The van der Waals surface area contributed by atoms with Gasteiger partial charge in [-0.15, -0.1) is 0 Å². The lowest BCUT2D eigenvalue weighted by molar-refractivity contribution is 0.106. The van der Waals surface area contributed by atoms with E-state index in [0.29, 0.717) is 25.2 Å². The Morgan fingerprint density at radius 3 is 3.09 bits per heavy atom. The molecule has 0 bridgehead atoms. The summed E-state index contributed by atoms with van der Waals surface area (Å²) in [6, 6.07) is 6.09. The third kappa shape index (κ3) is 4.18. The van der Waals surface area contributed by atoms with Crippen molar-refractivity contribution in [1.29, 1.82) is 0 Å². The fourth-order valence-corrected chi connectivity index (χ4v) is 3.59. The van der Waals surface area contributed by atoms with E-state index in [-0.39, 0.29) is 0 Å². The van der Waals surface area contributed by atoms with E-state index in [1.54, 1.807) is 0 Å². The van der Waals surface area contributed by atoms with E-state index in [4.69, 9.17) is 9.47 Å². The van der Waals surface area contributed by atoms with Crippen molar-refractivity contribution in [3.05, 3.63) is 23.8 Å². The summed E-state index contributed by atoms with van der Waals surface area (Å²) in [5, 5.41) is 13.2. The van der Waals surface area contributed by atoms with E-state index in [2.05, 4.69) is 18.3 Å². The van der Waals surface area contributed by atoms with Gasteiger partial charge in [0.2, 0.25) is 0 Å². The summed E-state index contributed by atoms with van der Waals surface area (Å²) >= 11 is 0. The van der Waals surface area contributed by atoms with Crippen LogP contribution in [0.2, 0.25) is 0 Å². The summed E-state index contributed by atoms with van der Waals surface area (Å²) in [7, 11) is 0. The summed E-state index contributed by atoms with van der Waals surface area (Å²) in [5.74, 6) is 2.39. The van der Waals surface area contributed by atoms with Crippen LogP contribution in [0.25, 0.3) is 0 Å². The number of rotatable bonds is 8. The van der Waals surface area contributed by atoms with Crippen LogP contribution in [0.3, 0.4) is 0 Å². The van der Waals surface area contributed by atoms with Crippen LogP contribution >= 0.6 is 0 Å². The molecule has 0 amide bonds. The van der Waals surface area contributed by atoms with Crippen molar-refractivity contribution in [2.45, 2.75) is 63.6 Å². The monoisotopic (exact) mass is 319 g/mol. The van der Waals surface area contributed by atoms with Gasteiger partial charge in [-0.05, 0) is 50.4 Å². The van der Waals surface area contributed by atoms with Gasteiger partial charge in [-0.1, -0.05) is 19.8 Å². The molecule has 3 rings (SSSR count). The molecule has 1 heterocycles. The molecular formula is C19H29NO3. The number of benzene rings is 1. The molecule has 1 aromatic rings. The van der Waals surface area contributed by atoms with Crippen LogP contribution in [-0.4, -0.2) is 37.0 Å². The normalized spacial score (nSPS) is 23.7. The van der Waals surface area contributed by atoms with Crippen molar-refractivity contribution >= 4 is 0 Å². The Bertz CT molecular complexity index is 505. The highest BCUT2D eigenvalue weighted by molar-refractivity contribution is 5.46. The van der Waals surface area contributed by atoms with Gasteiger partial charge in [0.1, 0.15) is 30.3 Å².